The molecule has 1 aromatic heterocycles. The van der Waals surface area contributed by atoms with Crippen LogP contribution in [0, 0.1) is 0 Å². The Morgan fingerprint density at radius 3 is 2.42 bits per heavy atom. The van der Waals surface area contributed by atoms with E-state index in [4.69, 9.17) is 9.47 Å². The van der Waals surface area contributed by atoms with E-state index in [1.165, 1.54) is 12.1 Å². The fourth-order valence-corrected chi connectivity index (χ4v) is 3.65. The van der Waals surface area contributed by atoms with E-state index in [-0.39, 0.29) is 18.4 Å². The molecule has 3 aromatic rings. The third kappa shape index (κ3) is 6.98. The standard InChI is InChI=1S/C29H25F3N2O2/c1-21(18-23-12-14-25(15-13-23)29(30,31)32)26-19-27(35-17-16-22-8-4-2-5-9-22)28(34-33-26)36-20-24-10-6-3-7-11-24/h2-6,8-10,12-15,19,21H,16-18,20H2,1H3. The Hall–Kier alpha value is -4.05. The first-order chi connectivity index (χ1) is 17.4. The second kappa shape index (κ2) is 11.6. The van der Waals surface area contributed by atoms with Crippen molar-refractivity contribution in [3.8, 4) is 11.6 Å². The molecule has 1 aliphatic rings. The lowest BCUT2D eigenvalue weighted by Crippen LogP contribution is -2.10. The molecule has 1 heterocycles. The van der Waals surface area contributed by atoms with Crippen molar-refractivity contribution in [1.82, 2.24) is 10.2 Å². The van der Waals surface area contributed by atoms with Crippen molar-refractivity contribution < 1.29 is 22.6 Å². The van der Waals surface area contributed by atoms with Gasteiger partial charge in [0.2, 0.25) is 0 Å². The van der Waals surface area contributed by atoms with E-state index < -0.39 is 11.7 Å². The topological polar surface area (TPSA) is 44.2 Å². The fraction of sp³-hybridized carbons (Fsp3) is 0.241. The van der Waals surface area contributed by atoms with Crippen molar-refractivity contribution in [3.05, 3.63) is 118 Å². The predicted molar refractivity (Wildman–Crippen MR) is 131 cm³/mol. The van der Waals surface area contributed by atoms with Gasteiger partial charge in [-0.25, -0.2) is 0 Å². The van der Waals surface area contributed by atoms with Crippen LogP contribution in [0.2, 0.25) is 0 Å². The molecule has 0 fully saturated rings. The molecule has 1 aliphatic carbocycles. The molecule has 0 saturated heterocycles. The van der Waals surface area contributed by atoms with E-state index in [1.54, 1.807) is 12.1 Å². The van der Waals surface area contributed by atoms with E-state index in [0.29, 0.717) is 30.9 Å². The molecular formula is C29H25F3N2O2. The maximum Gasteiger partial charge on any atom is 0.416 e. The summed E-state index contributed by atoms with van der Waals surface area (Å²) in [5.41, 5.74) is 8.61. The summed E-state index contributed by atoms with van der Waals surface area (Å²) in [4.78, 5) is 0. The highest BCUT2D eigenvalue weighted by atomic mass is 19.4. The lowest BCUT2D eigenvalue weighted by molar-refractivity contribution is -0.137. The third-order valence-corrected chi connectivity index (χ3v) is 5.64. The van der Waals surface area contributed by atoms with Gasteiger partial charge in [0.1, 0.15) is 6.61 Å². The van der Waals surface area contributed by atoms with Crippen molar-refractivity contribution in [2.75, 3.05) is 13.2 Å². The fourth-order valence-electron chi connectivity index (χ4n) is 3.65. The molecule has 36 heavy (non-hydrogen) atoms. The zero-order valence-corrected chi connectivity index (χ0v) is 19.8. The lowest BCUT2D eigenvalue weighted by Gasteiger charge is -2.16. The van der Waals surface area contributed by atoms with Gasteiger partial charge in [0.15, 0.2) is 5.75 Å². The number of halogens is 3. The summed E-state index contributed by atoms with van der Waals surface area (Å²) in [5, 5.41) is 8.58. The number of allylic oxidation sites excluding steroid dienone is 2. The molecule has 0 N–H and O–H groups in total. The number of alkyl halides is 3. The summed E-state index contributed by atoms with van der Waals surface area (Å²) in [6, 6.07) is 17.0. The minimum Gasteiger partial charge on any atom is -0.488 e. The highest BCUT2D eigenvalue weighted by Crippen LogP contribution is 2.31. The molecule has 0 saturated carbocycles. The quantitative estimate of drug-likeness (QED) is 0.299. The maximum atomic E-state index is 12.9. The van der Waals surface area contributed by atoms with Gasteiger partial charge in [0.05, 0.1) is 17.9 Å². The highest BCUT2D eigenvalue weighted by molar-refractivity contribution is 5.36. The van der Waals surface area contributed by atoms with Crippen LogP contribution in [0.15, 0.2) is 95.9 Å². The molecule has 1 unspecified atom stereocenters. The number of aromatic nitrogens is 2. The molecule has 0 spiro atoms. The van der Waals surface area contributed by atoms with Crippen LogP contribution in [0.5, 0.6) is 11.6 Å². The first kappa shape index (κ1) is 25.1. The van der Waals surface area contributed by atoms with Gasteiger partial charge in [0.25, 0.3) is 5.88 Å². The molecule has 1 atom stereocenters. The van der Waals surface area contributed by atoms with Crippen LogP contribution >= 0.6 is 0 Å². The lowest BCUT2D eigenvalue weighted by atomic mass is 9.97. The summed E-state index contributed by atoms with van der Waals surface area (Å²) in [7, 11) is 0. The van der Waals surface area contributed by atoms with Gasteiger partial charge < -0.3 is 9.47 Å². The van der Waals surface area contributed by atoms with E-state index in [9.17, 15) is 13.2 Å². The number of hydrogen-bond donors (Lipinski definition) is 0. The molecule has 4 nitrogen and oxygen atoms in total. The van der Waals surface area contributed by atoms with Crippen LogP contribution in [0.1, 0.15) is 35.2 Å². The first-order valence-corrected chi connectivity index (χ1v) is 11.6. The monoisotopic (exact) mass is 490 g/mol. The summed E-state index contributed by atoms with van der Waals surface area (Å²) in [6.07, 6.45) is 2.34. The smallest absolute Gasteiger partial charge is 0.416 e. The molecular weight excluding hydrogens is 465 g/mol. The minimum atomic E-state index is -4.35. The number of hydrogen-bond acceptors (Lipinski definition) is 4. The minimum absolute atomic E-state index is 0.100. The second-order valence-electron chi connectivity index (χ2n) is 8.43. The summed E-state index contributed by atoms with van der Waals surface area (Å²) in [6.45, 7) is 2.61. The molecule has 184 valence electrons. The predicted octanol–water partition coefficient (Wildman–Crippen LogP) is 6.65. The van der Waals surface area contributed by atoms with Gasteiger partial charge in [-0.2, -0.15) is 18.3 Å². The van der Waals surface area contributed by atoms with E-state index in [1.807, 2.05) is 49.4 Å². The Morgan fingerprint density at radius 1 is 0.944 bits per heavy atom. The van der Waals surface area contributed by atoms with Gasteiger partial charge >= 0.3 is 6.18 Å². The van der Waals surface area contributed by atoms with Crippen LogP contribution in [-0.2, 0) is 19.0 Å². The Kier molecular flexibility index (Phi) is 8.06. The molecule has 0 radical (unpaired) electrons. The van der Waals surface area contributed by atoms with Crippen LogP contribution in [0.25, 0.3) is 0 Å². The van der Waals surface area contributed by atoms with Gasteiger partial charge in [-0.05, 0) is 41.8 Å². The van der Waals surface area contributed by atoms with Crippen molar-refractivity contribution in [2.45, 2.75) is 31.9 Å². The Bertz CT molecular complexity index is 1300. The average molecular weight is 491 g/mol. The van der Waals surface area contributed by atoms with Crippen molar-refractivity contribution in [1.29, 1.82) is 0 Å². The number of rotatable bonds is 10. The van der Waals surface area contributed by atoms with Crippen LogP contribution in [-0.4, -0.2) is 23.4 Å². The summed E-state index contributed by atoms with van der Waals surface area (Å²) < 4.78 is 50.5. The average Bonchev–Trinajstić information content (AvgIpc) is 2.89. The van der Waals surface area contributed by atoms with Crippen LogP contribution in [0.4, 0.5) is 13.2 Å². The zero-order chi connectivity index (χ0) is 25.4. The zero-order valence-electron chi connectivity index (χ0n) is 19.8. The molecule has 0 amide bonds. The van der Waals surface area contributed by atoms with Gasteiger partial charge in [-0.3, -0.25) is 0 Å². The normalized spacial score (nSPS) is 13.4. The highest BCUT2D eigenvalue weighted by Gasteiger charge is 2.30. The second-order valence-corrected chi connectivity index (χ2v) is 8.43. The number of benzene rings is 2. The van der Waals surface area contributed by atoms with Crippen molar-refractivity contribution >= 4 is 0 Å². The molecule has 2 aromatic carbocycles. The molecule has 0 bridgehead atoms. The summed E-state index contributed by atoms with van der Waals surface area (Å²) in [5.74, 6) is 0.637. The van der Waals surface area contributed by atoms with E-state index >= 15 is 0 Å². The maximum absolute atomic E-state index is 12.9. The van der Waals surface area contributed by atoms with Crippen molar-refractivity contribution in [2.24, 2.45) is 0 Å². The molecule has 4 rings (SSSR count). The Morgan fingerprint density at radius 2 is 1.72 bits per heavy atom. The van der Waals surface area contributed by atoms with Gasteiger partial charge in [-0.1, -0.05) is 66.9 Å². The number of nitrogens with zero attached hydrogens (tertiary/aromatic N) is 2. The van der Waals surface area contributed by atoms with E-state index in [2.05, 4.69) is 21.7 Å². The Balaban J connectivity index is 1.48. The Labute approximate surface area is 208 Å². The van der Waals surface area contributed by atoms with Crippen molar-refractivity contribution in [3.63, 3.8) is 0 Å². The van der Waals surface area contributed by atoms with E-state index in [0.717, 1.165) is 28.8 Å². The first-order valence-electron chi connectivity index (χ1n) is 11.6. The number of ether oxygens (including phenoxy) is 2. The largest absolute Gasteiger partial charge is 0.488 e. The van der Waals surface area contributed by atoms with Gasteiger partial charge in [-0.15, -0.1) is 5.10 Å². The molecule has 7 heteroatoms. The SMILES string of the molecule is CC(Cc1ccc(C(F)(F)F)cc1)c1cc(OCCc2ccccc2)c(OCC2=C=C=CC=C2)nn1. The molecule has 0 aliphatic heterocycles. The van der Waals surface area contributed by atoms with Crippen LogP contribution in [0.3, 0.4) is 0 Å². The summed E-state index contributed by atoms with van der Waals surface area (Å²) >= 11 is 0. The third-order valence-electron chi connectivity index (χ3n) is 5.64. The van der Waals surface area contributed by atoms with Gasteiger partial charge in [0, 0.05) is 24.0 Å². The van der Waals surface area contributed by atoms with Crippen LogP contribution < -0.4 is 9.47 Å².